The lowest BCUT2D eigenvalue weighted by Gasteiger charge is -2.08. The standard InChI is InChI=1S/C12H11F3N2OS/c13-12(14,15)9-3-1-8(2-4-9)5-16-6-10-7-19-11(18)17-10/h1-4,7,16H,5-6H2,(H,17,18). The third kappa shape index (κ3) is 3.93. The molecule has 7 heteroatoms. The molecule has 1 aromatic heterocycles. The smallest absolute Gasteiger partial charge is 0.315 e. The van der Waals surface area contributed by atoms with Gasteiger partial charge in [-0.1, -0.05) is 23.5 Å². The van der Waals surface area contributed by atoms with E-state index >= 15 is 0 Å². The molecule has 0 aliphatic carbocycles. The zero-order valence-corrected chi connectivity index (χ0v) is 10.6. The lowest BCUT2D eigenvalue weighted by Crippen LogP contribution is -2.14. The molecule has 19 heavy (non-hydrogen) atoms. The van der Waals surface area contributed by atoms with Crippen molar-refractivity contribution in [2.24, 2.45) is 0 Å². The highest BCUT2D eigenvalue weighted by molar-refractivity contribution is 7.07. The van der Waals surface area contributed by atoms with Crippen molar-refractivity contribution in [2.75, 3.05) is 0 Å². The van der Waals surface area contributed by atoms with Gasteiger partial charge in [-0.15, -0.1) is 0 Å². The minimum absolute atomic E-state index is 0.119. The van der Waals surface area contributed by atoms with E-state index in [0.29, 0.717) is 13.1 Å². The first-order valence-electron chi connectivity index (χ1n) is 5.49. The van der Waals surface area contributed by atoms with Gasteiger partial charge in [0.15, 0.2) is 0 Å². The molecule has 0 saturated heterocycles. The number of hydrogen-bond donors (Lipinski definition) is 2. The summed E-state index contributed by atoms with van der Waals surface area (Å²) in [6.45, 7) is 0.912. The summed E-state index contributed by atoms with van der Waals surface area (Å²) >= 11 is 1.08. The summed E-state index contributed by atoms with van der Waals surface area (Å²) in [5, 5.41) is 4.76. The van der Waals surface area contributed by atoms with Crippen LogP contribution in [0.4, 0.5) is 13.2 Å². The first-order valence-corrected chi connectivity index (χ1v) is 6.36. The molecule has 2 N–H and O–H groups in total. The van der Waals surface area contributed by atoms with Crippen LogP contribution in [-0.2, 0) is 19.3 Å². The van der Waals surface area contributed by atoms with Crippen molar-refractivity contribution in [1.29, 1.82) is 0 Å². The number of aromatic nitrogens is 1. The predicted octanol–water partition coefficient (Wildman–Crippen LogP) is 2.75. The summed E-state index contributed by atoms with van der Waals surface area (Å²) in [5.41, 5.74) is 0.867. The molecule has 102 valence electrons. The van der Waals surface area contributed by atoms with Crippen LogP contribution in [0.25, 0.3) is 0 Å². The van der Waals surface area contributed by atoms with Gasteiger partial charge in [-0.25, -0.2) is 0 Å². The fourth-order valence-corrected chi connectivity index (χ4v) is 2.14. The summed E-state index contributed by atoms with van der Waals surface area (Å²) in [4.78, 5) is 13.4. The van der Waals surface area contributed by atoms with Crippen LogP contribution in [0.5, 0.6) is 0 Å². The molecule has 1 heterocycles. The number of thiazole rings is 1. The Kier molecular flexibility index (Phi) is 4.06. The van der Waals surface area contributed by atoms with Crippen molar-refractivity contribution in [1.82, 2.24) is 10.3 Å². The van der Waals surface area contributed by atoms with Crippen LogP contribution >= 0.6 is 11.3 Å². The summed E-state index contributed by atoms with van der Waals surface area (Å²) < 4.78 is 37.0. The summed E-state index contributed by atoms with van der Waals surface area (Å²) in [6.07, 6.45) is -4.30. The normalized spacial score (nSPS) is 11.7. The molecular weight excluding hydrogens is 277 g/mol. The van der Waals surface area contributed by atoms with Gasteiger partial charge in [0.05, 0.1) is 5.56 Å². The Bertz CT molecular complexity index is 586. The monoisotopic (exact) mass is 288 g/mol. The first kappa shape index (κ1) is 13.8. The molecule has 2 aromatic rings. The number of hydrogen-bond acceptors (Lipinski definition) is 3. The van der Waals surface area contributed by atoms with Gasteiger partial charge in [0.1, 0.15) is 0 Å². The van der Waals surface area contributed by atoms with Crippen LogP contribution in [0.3, 0.4) is 0 Å². The highest BCUT2D eigenvalue weighted by atomic mass is 32.1. The third-order valence-electron chi connectivity index (χ3n) is 2.50. The number of alkyl halides is 3. The van der Waals surface area contributed by atoms with Crippen molar-refractivity contribution in [3.05, 3.63) is 56.1 Å². The average Bonchev–Trinajstić information content (AvgIpc) is 2.75. The van der Waals surface area contributed by atoms with Crippen LogP contribution in [0.1, 0.15) is 16.8 Å². The van der Waals surface area contributed by atoms with E-state index in [1.54, 1.807) is 5.38 Å². The quantitative estimate of drug-likeness (QED) is 0.908. The molecule has 0 aliphatic rings. The zero-order valence-electron chi connectivity index (χ0n) is 9.75. The van der Waals surface area contributed by atoms with Gasteiger partial charge >= 0.3 is 11.0 Å². The molecule has 0 radical (unpaired) electrons. The lowest BCUT2D eigenvalue weighted by atomic mass is 10.1. The van der Waals surface area contributed by atoms with Crippen LogP contribution in [0.2, 0.25) is 0 Å². The number of aromatic amines is 1. The molecule has 0 atom stereocenters. The number of benzene rings is 1. The Morgan fingerprint density at radius 3 is 2.37 bits per heavy atom. The molecule has 0 fully saturated rings. The third-order valence-corrected chi connectivity index (χ3v) is 3.22. The Hall–Kier alpha value is -1.60. The molecule has 0 amide bonds. The summed E-state index contributed by atoms with van der Waals surface area (Å²) in [7, 11) is 0. The molecular formula is C12H11F3N2OS. The molecule has 0 aliphatic heterocycles. The van der Waals surface area contributed by atoms with Crippen molar-refractivity contribution in [3.8, 4) is 0 Å². The van der Waals surface area contributed by atoms with Crippen molar-refractivity contribution < 1.29 is 13.2 Å². The highest BCUT2D eigenvalue weighted by Crippen LogP contribution is 2.28. The van der Waals surface area contributed by atoms with Gasteiger partial charge in [-0.05, 0) is 17.7 Å². The average molecular weight is 288 g/mol. The summed E-state index contributed by atoms with van der Waals surface area (Å²) in [6, 6.07) is 4.99. The van der Waals surface area contributed by atoms with Gasteiger partial charge < -0.3 is 10.3 Å². The maximum atomic E-state index is 12.3. The van der Waals surface area contributed by atoms with Crippen LogP contribution < -0.4 is 10.2 Å². The second kappa shape index (κ2) is 5.58. The van der Waals surface area contributed by atoms with E-state index in [2.05, 4.69) is 10.3 Å². The minimum atomic E-state index is -4.30. The maximum absolute atomic E-state index is 12.3. The SMILES string of the molecule is O=c1[nH]c(CNCc2ccc(C(F)(F)F)cc2)cs1. The van der Waals surface area contributed by atoms with Gasteiger partial charge in [0.2, 0.25) is 0 Å². The lowest BCUT2D eigenvalue weighted by molar-refractivity contribution is -0.137. The van der Waals surface area contributed by atoms with E-state index < -0.39 is 11.7 Å². The fourth-order valence-electron chi connectivity index (χ4n) is 1.55. The Morgan fingerprint density at radius 2 is 1.84 bits per heavy atom. The first-order chi connectivity index (χ1) is 8.95. The zero-order chi connectivity index (χ0) is 13.9. The van der Waals surface area contributed by atoms with E-state index in [9.17, 15) is 18.0 Å². The molecule has 0 bridgehead atoms. The van der Waals surface area contributed by atoms with Gasteiger partial charge in [0.25, 0.3) is 0 Å². The van der Waals surface area contributed by atoms with E-state index in [1.807, 2.05) is 0 Å². The molecule has 3 nitrogen and oxygen atoms in total. The van der Waals surface area contributed by atoms with Gasteiger partial charge in [0, 0.05) is 24.2 Å². The molecule has 0 spiro atoms. The van der Waals surface area contributed by atoms with Crippen LogP contribution in [0.15, 0.2) is 34.4 Å². The van der Waals surface area contributed by atoms with E-state index in [-0.39, 0.29) is 4.87 Å². The second-order valence-electron chi connectivity index (χ2n) is 3.97. The predicted molar refractivity (Wildman–Crippen MR) is 66.9 cm³/mol. The fraction of sp³-hybridized carbons (Fsp3) is 0.250. The number of halogens is 3. The van der Waals surface area contributed by atoms with Crippen LogP contribution in [-0.4, -0.2) is 4.98 Å². The highest BCUT2D eigenvalue weighted by Gasteiger charge is 2.29. The topological polar surface area (TPSA) is 44.9 Å². The molecule has 2 rings (SSSR count). The van der Waals surface area contributed by atoms with Crippen molar-refractivity contribution >= 4 is 11.3 Å². The van der Waals surface area contributed by atoms with Crippen molar-refractivity contribution in [2.45, 2.75) is 19.3 Å². The Balaban J connectivity index is 1.88. The molecule has 0 unspecified atom stereocenters. The molecule has 0 saturated carbocycles. The van der Waals surface area contributed by atoms with Crippen molar-refractivity contribution in [3.63, 3.8) is 0 Å². The van der Waals surface area contributed by atoms with Crippen LogP contribution in [0, 0.1) is 0 Å². The Morgan fingerprint density at radius 1 is 1.16 bits per heavy atom. The number of H-pyrrole nitrogens is 1. The number of nitrogens with one attached hydrogen (secondary N) is 2. The van der Waals surface area contributed by atoms with E-state index in [4.69, 9.17) is 0 Å². The second-order valence-corrected chi connectivity index (χ2v) is 4.81. The van der Waals surface area contributed by atoms with E-state index in [0.717, 1.165) is 34.7 Å². The van der Waals surface area contributed by atoms with Gasteiger partial charge in [-0.2, -0.15) is 13.2 Å². The van der Waals surface area contributed by atoms with Gasteiger partial charge in [-0.3, -0.25) is 4.79 Å². The maximum Gasteiger partial charge on any atom is 0.416 e. The van der Waals surface area contributed by atoms with E-state index in [1.165, 1.54) is 12.1 Å². The molecule has 1 aromatic carbocycles. The largest absolute Gasteiger partial charge is 0.416 e. The minimum Gasteiger partial charge on any atom is -0.315 e. The Labute approximate surface area is 111 Å². The summed E-state index contributed by atoms with van der Waals surface area (Å²) in [5.74, 6) is 0. The number of rotatable bonds is 4.